The molecule has 1 aromatic carbocycles. The van der Waals surface area contributed by atoms with Gasteiger partial charge in [-0.1, -0.05) is 11.6 Å². The molecular weight excluding hydrogens is 354 g/mol. The van der Waals surface area contributed by atoms with Crippen LogP contribution in [0, 0.1) is 0 Å². The Kier molecular flexibility index (Phi) is 3.98. The van der Waals surface area contributed by atoms with E-state index >= 15 is 0 Å². The molecule has 1 heterocycles. The first-order valence-corrected chi connectivity index (χ1v) is 7.73. The molecule has 0 amide bonds. The molecule has 2 aromatic rings. The van der Waals surface area contributed by atoms with Gasteiger partial charge in [-0.05, 0) is 40.2 Å². The zero-order chi connectivity index (χ0) is 14.0. The molecule has 0 saturated heterocycles. The molecule has 0 aliphatic carbocycles. The summed E-state index contributed by atoms with van der Waals surface area (Å²) in [5, 5.41) is 0.417. The van der Waals surface area contributed by atoms with Crippen LogP contribution >= 0.6 is 27.5 Å². The van der Waals surface area contributed by atoms with Crippen molar-refractivity contribution < 1.29 is 8.42 Å². The van der Waals surface area contributed by atoms with Crippen LogP contribution in [0.4, 0.5) is 11.4 Å². The molecule has 0 spiro atoms. The second-order valence-electron chi connectivity index (χ2n) is 3.64. The zero-order valence-corrected chi connectivity index (χ0v) is 12.6. The Balaban J connectivity index is 2.43. The first kappa shape index (κ1) is 14.1. The summed E-state index contributed by atoms with van der Waals surface area (Å²) in [6.07, 6.45) is 2.61. The number of rotatable bonds is 3. The van der Waals surface area contributed by atoms with Gasteiger partial charge in [0.15, 0.2) is 0 Å². The molecule has 0 fully saturated rings. The maximum atomic E-state index is 12.2. The second kappa shape index (κ2) is 5.36. The Morgan fingerprint density at radius 2 is 2.05 bits per heavy atom. The largest absolute Gasteiger partial charge is 0.398 e. The van der Waals surface area contributed by atoms with Crippen molar-refractivity contribution in [2.45, 2.75) is 4.90 Å². The van der Waals surface area contributed by atoms with E-state index in [1.165, 1.54) is 24.5 Å². The van der Waals surface area contributed by atoms with Crippen LogP contribution in [0.25, 0.3) is 0 Å². The predicted molar refractivity (Wildman–Crippen MR) is 78.6 cm³/mol. The van der Waals surface area contributed by atoms with Gasteiger partial charge >= 0.3 is 0 Å². The lowest BCUT2D eigenvalue weighted by Crippen LogP contribution is -2.15. The number of sulfonamides is 1. The summed E-state index contributed by atoms with van der Waals surface area (Å²) in [4.78, 5) is 3.67. The Hall–Kier alpha value is -1.31. The Bertz CT molecular complexity index is 722. The number of nitrogens with two attached hydrogens (primary N) is 1. The number of nitrogens with zero attached hydrogens (tertiary/aromatic N) is 1. The Labute approximate surface area is 124 Å². The van der Waals surface area contributed by atoms with Gasteiger partial charge in [-0.25, -0.2) is 8.42 Å². The average Bonchev–Trinajstić information content (AvgIpc) is 2.34. The number of hydrogen-bond donors (Lipinski definition) is 2. The molecule has 0 atom stereocenters. The summed E-state index contributed by atoms with van der Waals surface area (Å²) in [6, 6.07) is 6.20. The lowest BCUT2D eigenvalue weighted by Gasteiger charge is -2.11. The third-order valence-electron chi connectivity index (χ3n) is 2.28. The van der Waals surface area contributed by atoms with Crippen LogP contribution in [0.2, 0.25) is 5.02 Å². The first-order valence-electron chi connectivity index (χ1n) is 5.07. The third kappa shape index (κ3) is 3.17. The van der Waals surface area contributed by atoms with E-state index in [1.807, 2.05) is 0 Å². The fourth-order valence-corrected chi connectivity index (χ4v) is 3.19. The van der Waals surface area contributed by atoms with E-state index in [4.69, 9.17) is 17.3 Å². The van der Waals surface area contributed by atoms with E-state index in [2.05, 4.69) is 25.6 Å². The zero-order valence-electron chi connectivity index (χ0n) is 9.47. The Morgan fingerprint density at radius 3 is 2.74 bits per heavy atom. The standard InChI is InChI=1S/C11H9BrClN3O2S/c12-8-2-1-7(13)5-10(8)16-19(17,18)11-6-15-4-3-9(11)14/h1-6,16H,(H2,14,15). The van der Waals surface area contributed by atoms with Gasteiger partial charge in [-0.3, -0.25) is 9.71 Å². The van der Waals surface area contributed by atoms with Gasteiger partial charge in [0, 0.05) is 21.9 Å². The summed E-state index contributed by atoms with van der Waals surface area (Å²) in [5.74, 6) is 0. The van der Waals surface area contributed by atoms with Crippen molar-refractivity contribution in [2.24, 2.45) is 0 Å². The Morgan fingerprint density at radius 1 is 1.32 bits per heavy atom. The van der Waals surface area contributed by atoms with E-state index in [9.17, 15) is 8.42 Å². The average molecular weight is 363 g/mol. The number of nitrogen functional groups attached to an aromatic ring is 1. The molecule has 8 heteroatoms. The maximum Gasteiger partial charge on any atom is 0.265 e. The molecule has 100 valence electrons. The number of anilines is 2. The molecule has 2 rings (SSSR count). The molecule has 19 heavy (non-hydrogen) atoms. The van der Waals surface area contributed by atoms with E-state index in [1.54, 1.807) is 12.1 Å². The molecule has 3 N–H and O–H groups in total. The highest BCUT2D eigenvalue weighted by Crippen LogP contribution is 2.28. The van der Waals surface area contributed by atoms with Crippen LogP contribution in [0.5, 0.6) is 0 Å². The van der Waals surface area contributed by atoms with Crippen molar-refractivity contribution in [3.63, 3.8) is 0 Å². The van der Waals surface area contributed by atoms with Gasteiger partial charge in [-0.2, -0.15) is 0 Å². The minimum atomic E-state index is -3.81. The fraction of sp³-hybridized carbons (Fsp3) is 0. The molecule has 0 bridgehead atoms. The highest BCUT2D eigenvalue weighted by Gasteiger charge is 2.18. The smallest absolute Gasteiger partial charge is 0.265 e. The van der Waals surface area contributed by atoms with Crippen LogP contribution < -0.4 is 10.5 Å². The summed E-state index contributed by atoms with van der Waals surface area (Å²) < 4.78 is 27.4. The molecule has 0 saturated carbocycles. The summed E-state index contributed by atoms with van der Waals surface area (Å²) in [6.45, 7) is 0. The third-order valence-corrected chi connectivity index (χ3v) is 4.61. The topological polar surface area (TPSA) is 85.1 Å². The highest BCUT2D eigenvalue weighted by atomic mass is 79.9. The minimum Gasteiger partial charge on any atom is -0.398 e. The van der Waals surface area contributed by atoms with Crippen molar-refractivity contribution in [3.05, 3.63) is 46.2 Å². The second-order valence-corrected chi connectivity index (χ2v) is 6.58. The SMILES string of the molecule is Nc1ccncc1S(=O)(=O)Nc1cc(Cl)ccc1Br. The van der Waals surface area contributed by atoms with E-state index < -0.39 is 10.0 Å². The highest BCUT2D eigenvalue weighted by molar-refractivity contribution is 9.10. The number of hydrogen-bond acceptors (Lipinski definition) is 4. The summed E-state index contributed by atoms with van der Waals surface area (Å²) >= 11 is 9.07. The summed E-state index contributed by atoms with van der Waals surface area (Å²) in [5.41, 5.74) is 6.09. The van der Waals surface area contributed by atoms with Crippen LogP contribution in [0.3, 0.4) is 0 Å². The molecule has 0 aliphatic rings. The monoisotopic (exact) mass is 361 g/mol. The first-order chi connectivity index (χ1) is 8.90. The van der Waals surface area contributed by atoms with Crippen molar-refractivity contribution in [1.29, 1.82) is 0 Å². The van der Waals surface area contributed by atoms with Crippen molar-refractivity contribution in [3.8, 4) is 0 Å². The van der Waals surface area contributed by atoms with E-state index in [-0.39, 0.29) is 10.6 Å². The normalized spacial score (nSPS) is 11.3. The van der Waals surface area contributed by atoms with Gasteiger partial charge in [0.2, 0.25) is 0 Å². The van der Waals surface area contributed by atoms with Crippen molar-refractivity contribution in [2.75, 3.05) is 10.5 Å². The number of aromatic nitrogens is 1. The molecule has 5 nitrogen and oxygen atoms in total. The minimum absolute atomic E-state index is 0.0816. The lowest BCUT2D eigenvalue weighted by molar-refractivity contribution is 0.601. The molecule has 1 aromatic heterocycles. The van der Waals surface area contributed by atoms with Gasteiger partial charge in [0.05, 0.1) is 11.4 Å². The maximum absolute atomic E-state index is 12.2. The van der Waals surface area contributed by atoms with Gasteiger partial charge in [0.1, 0.15) is 4.90 Å². The van der Waals surface area contributed by atoms with E-state index in [0.717, 1.165) is 0 Å². The molecule has 0 unspecified atom stereocenters. The van der Waals surface area contributed by atoms with Gasteiger partial charge < -0.3 is 5.73 Å². The van der Waals surface area contributed by atoms with Crippen LogP contribution in [0.1, 0.15) is 0 Å². The number of pyridine rings is 1. The molecule has 0 aliphatic heterocycles. The van der Waals surface area contributed by atoms with Gasteiger partial charge in [0.25, 0.3) is 10.0 Å². The summed E-state index contributed by atoms with van der Waals surface area (Å²) in [7, 11) is -3.81. The molecular formula is C11H9BrClN3O2S. The van der Waals surface area contributed by atoms with Crippen LogP contribution in [-0.2, 0) is 10.0 Å². The fourth-order valence-electron chi connectivity index (χ4n) is 1.39. The predicted octanol–water partition coefficient (Wildman–Crippen LogP) is 2.88. The van der Waals surface area contributed by atoms with Crippen LogP contribution in [0.15, 0.2) is 46.0 Å². The quantitative estimate of drug-likeness (QED) is 0.879. The number of benzene rings is 1. The van der Waals surface area contributed by atoms with Crippen molar-refractivity contribution in [1.82, 2.24) is 4.98 Å². The van der Waals surface area contributed by atoms with Gasteiger partial charge in [-0.15, -0.1) is 0 Å². The molecule has 0 radical (unpaired) electrons. The lowest BCUT2D eigenvalue weighted by atomic mass is 10.3. The number of halogens is 2. The van der Waals surface area contributed by atoms with E-state index in [0.29, 0.717) is 15.2 Å². The van der Waals surface area contributed by atoms with Crippen LogP contribution in [-0.4, -0.2) is 13.4 Å². The van der Waals surface area contributed by atoms with Crippen molar-refractivity contribution >= 4 is 48.9 Å². The number of nitrogens with one attached hydrogen (secondary N) is 1.